The number of hydrogen-bond acceptors (Lipinski definition) is 6. The minimum Gasteiger partial charge on any atom is -0.368 e. The van der Waals surface area contributed by atoms with E-state index in [1.165, 1.54) is 6.92 Å². The summed E-state index contributed by atoms with van der Waals surface area (Å²) in [6, 6.07) is 0. The molecule has 0 heterocycles. The Bertz CT molecular complexity index is 459. The molecule has 0 saturated heterocycles. The van der Waals surface area contributed by atoms with E-state index in [2.05, 4.69) is 16.0 Å². The van der Waals surface area contributed by atoms with Crippen molar-refractivity contribution >= 4 is 23.5 Å². The lowest BCUT2D eigenvalue weighted by molar-refractivity contribution is -0.126. The van der Waals surface area contributed by atoms with E-state index >= 15 is 0 Å². The quantitative estimate of drug-likeness (QED) is 0.244. The summed E-state index contributed by atoms with van der Waals surface area (Å²) in [7, 11) is 0. The Kier molecular flexibility index (Phi) is 9.39. The zero-order chi connectivity index (χ0) is 17.1. The van der Waals surface area contributed by atoms with Gasteiger partial charge < -0.3 is 26.2 Å². The fraction of sp³-hybridized carbons (Fsp3) is 0.538. The van der Waals surface area contributed by atoms with Crippen LogP contribution in [0.1, 0.15) is 26.7 Å². The van der Waals surface area contributed by atoms with Crippen molar-refractivity contribution in [2.45, 2.75) is 33.0 Å². The number of hydrogen-bond donors (Lipinski definition) is 5. The van der Waals surface area contributed by atoms with E-state index in [1.807, 2.05) is 0 Å². The lowest BCUT2D eigenvalue weighted by Gasteiger charge is -2.11. The molecule has 9 heteroatoms. The second-order valence-corrected chi connectivity index (χ2v) is 4.40. The summed E-state index contributed by atoms with van der Waals surface area (Å²) in [5.74, 6) is -2.01. The summed E-state index contributed by atoms with van der Waals surface area (Å²) < 4.78 is 0. The van der Waals surface area contributed by atoms with Crippen LogP contribution >= 0.6 is 0 Å². The Morgan fingerprint density at radius 3 is 2.18 bits per heavy atom. The fourth-order valence-corrected chi connectivity index (χ4v) is 1.22. The van der Waals surface area contributed by atoms with Gasteiger partial charge in [-0.05, 0) is 6.92 Å². The van der Waals surface area contributed by atoms with Crippen molar-refractivity contribution in [1.82, 2.24) is 16.0 Å². The zero-order valence-electron chi connectivity index (χ0n) is 12.5. The molecule has 0 aliphatic carbocycles. The minimum atomic E-state index is -1.69. The van der Waals surface area contributed by atoms with Crippen LogP contribution in [-0.4, -0.2) is 53.1 Å². The van der Waals surface area contributed by atoms with Crippen LogP contribution in [0.5, 0.6) is 0 Å². The molecule has 0 radical (unpaired) electrons. The molecule has 0 aliphatic rings. The van der Waals surface area contributed by atoms with Crippen LogP contribution < -0.4 is 16.0 Å². The second-order valence-electron chi connectivity index (χ2n) is 4.40. The van der Waals surface area contributed by atoms with Crippen molar-refractivity contribution in [3.63, 3.8) is 0 Å². The molecular formula is C13H21N3O6. The number of ketones is 1. The Labute approximate surface area is 127 Å². The van der Waals surface area contributed by atoms with Crippen LogP contribution in [0.25, 0.3) is 0 Å². The van der Waals surface area contributed by atoms with Gasteiger partial charge >= 0.3 is 0 Å². The number of aliphatic hydroxyl groups is 2. The highest BCUT2D eigenvalue weighted by molar-refractivity contribution is 5.99. The van der Waals surface area contributed by atoms with Gasteiger partial charge in [0.1, 0.15) is 11.5 Å². The van der Waals surface area contributed by atoms with Crippen LogP contribution in [0.3, 0.4) is 0 Å². The molecule has 0 bridgehead atoms. The maximum Gasteiger partial charge on any atom is 0.267 e. The van der Waals surface area contributed by atoms with E-state index in [0.717, 1.165) is 6.08 Å². The molecule has 9 nitrogen and oxygen atoms in total. The van der Waals surface area contributed by atoms with Gasteiger partial charge in [-0.3, -0.25) is 19.2 Å². The number of nitrogens with one attached hydrogen (secondary N) is 3. The SMILES string of the molecule is CCC(=O)NCC(=O)N/C(=C/CC(O)O)C(=O)NCC(C)=O. The van der Waals surface area contributed by atoms with Crippen molar-refractivity contribution in [2.24, 2.45) is 0 Å². The van der Waals surface area contributed by atoms with Crippen molar-refractivity contribution in [2.75, 3.05) is 13.1 Å². The van der Waals surface area contributed by atoms with Crippen LogP contribution in [0.2, 0.25) is 0 Å². The molecule has 0 rings (SSSR count). The molecule has 0 aromatic heterocycles. The molecule has 0 unspecified atom stereocenters. The van der Waals surface area contributed by atoms with Crippen molar-refractivity contribution in [3.8, 4) is 0 Å². The number of carbonyl (C=O) groups is 4. The summed E-state index contributed by atoms with van der Waals surface area (Å²) >= 11 is 0. The molecule has 0 aromatic carbocycles. The molecule has 5 N–H and O–H groups in total. The average molecular weight is 315 g/mol. The number of Topliss-reactive ketones (excluding diaryl/α,β-unsaturated/α-hetero) is 1. The van der Waals surface area contributed by atoms with Gasteiger partial charge in [0.05, 0.1) is 13.1 Å². The van der Waals surface area contributed by atoms with Gasteiger partial charge in [-0.25, -0.2) is 0 Å². The second kappa shape index (κ2) is 10.5. The topological polar surface area (TPSA) is 145 Å². The van der Waals surface area contributed by atoms with Gasteiger partial charge in [-0.2, -0.15) is 0 Å². The molecule has 0 aromatic rings. The van der Waals surface area contributed by atoms with Gasteiger partial charge in [0.2, 0.25) is 11.8 Å². The largest absolute Gasteiger partial charge is 0.368 e. The Morgan fingerprint density at radius 1 is 1.05 bits per heavy atom. The molecule has 3 amide bonds. The van der Waals surface area contributed by atoms with Gasteiger partial charge in [0, 0.05) is 12.8 Å². The molecular weight excluding hydrogens is 294 g/mol. The van der Waals surface area contributed by atoms with Crippen LogP contribution in [-0.2, 0) is 19.2 Å². The first-order chi connectivity index (χ1) is 10.3. The highest BCUT2D eigenvalue weighted by Gasteiger charge is 2.14. The predicted molar refractivity (Wildman–Crippen MR) is 76.1 cm³/mol. The Balaban J connectivity index is 4.68. The number of amides is 3. The van der Waals surface area contributed by atoms with E-state index in [1.54, 1.807) is 6.92 Å². The summed E-state index contributed by atoms with van der Waals surface area (Å²) in [6.45, 7) is 2.35. The number of rotatable bonds is 9. The summed E-state index contributed by atoms with van der Waals surface area (Å²) in [4.78, 5) is 45.3. The highest BCUT2D eigenvalue weighted by atomic mass is 16.5. The van der Waals surface area contributed by atoms with Gasteiger partial charge in [0.25, 0.3) is 5.91 Å². The molecule has 22 heavy (non-hydrogen) atoms. The van der Waals surface area contributed by atoms with Crippen molar-refractivity contribution in [1.29, 1.82) is 0 Å². The van der Waals surface area contributed by atoms with Gasteiger partial charge in [-0.1, -0.05) is 13.0 Å². The molecule has 124 valence electrons. The number of carbonyl (C=O) groups excluding carboxylic acids is 4. The molecule has 0 aliphatic heterocycles. The standard InChI is InChI=1S/C13H21N3O6/c1-3-10(18)14-7-11(19)16-9(4-5-12(20)21)13(22)15-6-8(2)17/h4,12,20-21H,3,5-7H2,1-2H3,(H,14,18)(H,15,22)(H,16,19)/b9-4+. The van der Waals surface area contributed by atoms with E-state index in [9.17, 15) is 19.2 Å². The van der Waals surface area contributed by atoms with Gasteiger partial charge in [-0.15, -0.1) is 0 Å². The minimum absolute atomic E-state index is 0.214. The third-order valence-electron chi connectivity index (χ3n) is 2.32. The van der Waals surface area contributed by atoms with E-state index in [-0.39, 0.29) is 43.3 Å². The van der Waals surface area contributed by atoms with Crippen molar-refractivity contribution in [3.05, 3.63) is 11.8 Å². The van der Waals surface area contributed by atoms with Crippen LogP contribution in [0.15, 0.2) is 11.8 Å². The first-order valence-corrected chi connectivity index (χ1v) is 6.66. The Hall–Kier alpha value is -2.26. The first kappa shape index (κ1) is 19.7. The predicted octanol–water partition coefficient (Wildman–Crippen LogP) is -2.08. The monoisotopic (exact) mass is 315 g/mol. The molecule has 0 fully saturated rings. The molecule has 0 saturated carbocycles. The fourth-order valence-electron chi connectivity index (χ4n) is 1.22. The molecule has 0 spiro atoms. The summed E-state index contributed by atoms with van der Waals surface area (Å²) in [5.41, 5.74) is -0.231. The maximum atomic E-state index is 11.8. The maximum absolute atomic E-state index is 11.8. The lowest BCUT2D eigenvalue weighted by atomic mass is 10.3. The van der Waals surface area contributed by atoms with E-state index < -0.39 is 18.1 Å². The lowest BCUT2D eigenvalue weighted by Crippen LogP contribution is -2.41. The van der Waals surface area contributed by atoms with E-state index in [0.29, 0.717) is 0 Å². The first-order valence-electron chi connectivity index (χ1n) is 6.66. The molecule has 0 atom stereocenters. The van der Waals surface area contributed by atoms with Crippen LogP contribution in [0, 0.1) is 0 Å². The summed E-state index contributed by atoms with van der Waals surface area (Å²) in [5, 5.41) is 24.4. The Morgan fingerprint density at radius 2 is 1.68 bits per heavy atom. The zero-order valence-corrected chi connectivity index (χ0v) is 12.5. The van der Waals surface area contributed by atoms with Gasteiger partial charge in [0.15, 0.2) is 6.29 Å². The summed E-state index contributed by atoms with van der Waals surface area (Å²) in [6.07, 6.45) is -0.650. The third-order valence-corrected chi connectivity index (χ3v) is 2.32. The normalized spacial score (nSPS) is 11.0. The third kappa shape index (κ3) is 9.61. The highest BCUT2D eigenvalue weighted by Crippen LogP contribution is 1.96. The number of aliphatic hydroxyl groups excluding tert-OH is 1. The van der Waals surface area contributed by atoms with E-state index in [4.69, 9.17) is 10.2 Å². The smallest absolute Gasteiger partial charge is 0.267 e. The van der Waals surface area contributed by atoms with Crippen molar-refractivity contribution < 1.29 is 29.4 Å². The average Bonchev–Trinajstić information content (AvgIpc) is 2.46. The van der Waals surface area contributed by atoms with Crippen LogP contribution in [0.4, 0.5) is 0 Å².